The Labute approximate surface area is 131 Å². The molecule has 0 aliphatic rings. The van der Waals surface area contributed by atoms with Crippen molar-refractivity contribution in [3.8, 4) is 17.2 Å². The fourth-order valence-corrected chi connectivity index (χ4v) is 2.13. The van der Waals surface area contributed by atoms with Crippen LogP contribution in [0.1, 0.15) is 11.1 Å². The van der Waals surface area contributed by atoms with Crippen molar-refractivity contribution in [1.29, 1.82) is 0 Å². The summed E-state index contributed by atoms with van der Waals surface area (Å²) >= 11 is 5.92. The van der Waals surface area contributed by atoms with Crippen LogP contribution in [-0.4, -0.2) is 28.4 Å². The first-order valence-electron chi connectivity index (χ1n) is 6.23. The number of ether oxygens (including phenoxy) is 1. The van der Waals surface area contributed by atoms with Crippen LogP contribution in [0.25, 0.3) is 11.6 Å². The number of rotatable bonds is 4. The molecule has 114 valence electrons. The molecule has 0 atom stereocenters. The molecule has 0 amide bonds. The van der Waals surface area contributed by atoms with E-state index in [0.29, 0.717) is 10.8 Å². The summed E-state index contributed by atoms with van der Waals surface area (Å²) in [6.45, 7) is 0. The van der Waals surface area contributed by atoms with Gasteiger partial charge >= 0.3 is 5.97 Å². The Bertz CT molecular complexity index is 752. The molecule has 0 aliphatic heterocycles. The number of hydrogen-bond acceptors (Lipinski definition) is 4. The quantitative estimate of drug-likeness (QED) is 0.594. The van der Waals surface area contributed by atoms with Crippen LogP contribution in [0.15, 0.2) is 36.4 Å². The van der Waals surface area contributed by atoms with Gasteiger partial charge in [-0.3, -0.25) is 0 Å². The van der Waals surface area contributed by atoms with Gasteiger partial charge in [-0.25, -0.2) is 4.79 Å². The summed E-state index contributed by atoms with van der Waals surface area (Å²) in [6, 6.07) is 8.50. The highest BCUT2D eigenvalue weighted by Crippen LogP contribution is 2.33. The van der Waals surface area contributed by atoms with E-state index in [0.717, 1.165) is 6.07 Å². The maximum Gasteiger partial charge on any atom is 0.336 e. The summed E-state index contributed by atoms with van der Waals surface area (Å²) in [5.74, 6) is -1.21. The van der Waals surface area contributed by atoms with Crippen molar-refractivity contribution in [3.05, 3.63) is 52.5 Å². The Morgan fingerprint density at radius 3 is 2.50 bits per heavy atom. The maximum atomic E-state index is 11.6. The van der Waals surface area contributed by atoms with Crippen LogP contribution < -0.4 is 4.74 Å². The zero-order chi connectivity index (χ0) is 16.3. The first-order chi connectivity index (χ1) is 10.4. The van der Waals surface area contributed by atoms with Gasteiger partial charge in [0.25, 0.3) is 0 Å². The molecule has 0 fully saturated rings. The Kier molecular flexibility index (Phi) is 4.58. The molecule has 0 unspecified atom stereocenters. The third-order valence-corrected chi connectivity index (χ3v) is 3.23. The molecule has 3 N–H and O–H groups in total. The zero-order valence-corrected chi connectivity index (χ0v) is 12.3. The molecule has 0 radical (unpaired) electrons. The predicted molar refractivity (Wildman–Crippen MR) is 83.3 cm³/mol. The summed E-state index contributed by atoms with van der Waals surface area (Å²) in [4.78, 5) is 11.6. The van der Waals surface area contributed by atoms with Crippen molar-refractivity contribution < 1.29 is 24.9 Å². The monoisotopic (exact) mass is 320 g/mol. The molecular weight excluding hydrogens is 308 g/mol. The number of carboxylic acids is 1. The fraction of sp³-hybridized carbons (Fsp3) is 0.0625. The fourth-order valence-electron chi connectivity index (χ4n) is 1.95. The summed E-state index contributed by atoms with van der Waals surface area (Å²) < 4.78 is 5.15. The smallest absolute Gasteiger partial charge is 0.336 e. The summed E-state index contributed by atoms with van der Waals surface area (Å²) in [5, 5.41) is 28.9. The first-order valence-corrected chi connectivity index (χ1v) is 6.61. The van der Waals surface area contributed by atoms with Crippen LogP contribution in [0.3, 0.4) is 0 Å². The van der Waals surface area contributed by atoms with Gasteiger partial charge < -0.3 is 20.1 Å². The number of aromatic hydroxyl groups is 2. The highest BCUT2D eigenvalue weighted by atomic mass is 35.5. The third kappa shape index (κ3) is 3.32. The lowest BCUT2D eigenvalue weighted by molar-refractivity contribution is -0.130. The minimum atomic E-state index is -1.20. The number of halogens is 1. The van der Waals surface area contributed by atoms with Crippen molar-refractivity contribution >= 4 is 29.2 Å². The van der Waals surface area contributed by atoms with Gasteiger partial charge in [0, 0.05) is 22.2 Å². The topological polar surface area (TPSA) is 87.0 Å². The van der Waals surface area contributed by atoms with Crippen molar-refractivity contribution in [2.75, 3.05) is 7.11 Å². The van der Waals surface area contributed by atoms with Gasteiger partial charge in [-0.1, -0.05) is 11.6 Å². The Hall–Kier alpha value is -2.66. The van der Waals surface area contributed by atoms with E-state index in [-0.39, 0.29) is 28.2 Å². The number of phenols is 2. The number of aliphatic carboxylic acids is 1. The third-order valence-electron chi connectivity index (χ3n) is 3.00. The van der Waals surface area contributed by atoms with Crippen molar-refractivity contribution in [2.24, 2.45) is 0 Å². The largest absolute Gasteiger partial charge is 0.508 e. The van der Waals surface area contributed by atoms with E-state index in [4.69, 9.17) is 16.3 Å². The van der Waals surface area contributed by atoms with E-state index in [1.54, 1.807) is 12.1 Å². The molecule has 2 aromatic carbocycles. The second-order valence-electron chi connectivity index (χ2n) is 4.45. The highest BCUT2D eigenvalue weighted by molar-refractivity contribution is 6.31. The molecule has 22 heavy (non-hydrogen) atoms. The average molecular weight is 321 g/mol. The van der Waals surface area contributed by atoms with Crippen molar-refractivity contribution in [3.63, 3.8) is 0 Å². The zero-order valence-electron chi connectivity index (χ0n) is 11.6. The lowest BCUT2D eigenvalue weighted by Crippen LogP contribution is -2.02. The minimum Gasteiger partial charge on any atom is -0.508 e. The number of benzene rings is 2. The van der Waals surface area contributed by atoms with Gasteiger partial charge in [-0.2, -0.15) is 0 Å². The Balaban J connectivity index is 2.63. The molecule has 2 aromatic rings. The maximum absolute atomic E-state index is 11.6. The Morgan fingerprint density at radius 2 is 1.91 bits per heavy atom. The van der Waals surface area contributed by atoms with Crippen molar-refractivity contribution in [2.45, 2.75) is 0 Å². The van der Waals surface area contributed by atoms with Crippen LogP contribution >= 0.6 is 11.6 Å². The van der Waals surface area contributed by atoms with E-state index in [1.165, 1.54) is 31.4 Å². The molecule has 0 bridgehead atoms. The number of hydrogen-bond donors (Lipinski definition) is 3. The highest BCUT2D eigenvalue weighted by Gasteiger charge is 2.17. The van der Waals surface area contributed by atoms with E-state index in [9.17, 15) is 20.1 Å². The second-order valence-corrected chi connectivity index (χ2v) is 4.89. The SMILES string of the molecule is COc1ccc(Cl)cc1/C(=C/c1ccc(O)cc1O)C(=O)O. The van der Waals surface area contributed by atoms with Gasteiger partial charge in [0.2, 0.25) is 0 Å². The number of methoxy groups -OCH3 is 1. The molecule has 0 aromatic heterocycles. The molecule has 6 heteroatoms. The lowest BCUT2D eigenvalue weighted by Gasteiger charge is -2.10. The van der Waals surface area contributed by atoms with E-state index < -0.39 is 5.97 Å². The molecule has 0 saturated carbocycles. The normalized spacial score (nSPS) is 11.3. The molecule has 0 saturated heterocycles. The number of phenolic OH excluding ortho intramolecular Hbond substituents is 2. The Morgan fingerprint density at radius 1 is 1.18 bits per heavy atom. The second kappa shape index (κ2) is 6.41. The van der Waals surface area contributed by atoms with E-state index in [1.807, 2.05) is 0 Å². The van der Waals surface area contributed by atoms with E-state index in [2.05, 4.69) is 0 Å². The minimum absolute atomic E-state index is 0.0969. The number of carbonyl (C=O) groups is 1. The summed E-state index contributed by atoms with van der Waals surface area (Å²) in [5.41, 5.74) is 0.438. The molecule has 5 nitrogen and oxygen atoms in total. The van der Waals surface area contributed by atoms with Gasteiger partial charge in [0.05, 0.1) is 12.7 Å². The molecule has 2 rings (SSSR count). The van der Waals surface area contributed by atoms with Crippen LogP contribution in [0.2, 0.25) is 5.02 Å². The lowest BCUT2D eigenvalue weighted by atomic mass is 10.0. The van der Waals surface area contributed by atoms with Gasteiger partial charge in [0.15, 0.2) is 0 Å². The summed E-state index contributed by atoms with van der Waals surface area (Å²) in [7, 11) is 1.42. The van der Waals surface area contributed by atoms with Crippen LogP contribution in [0.4, 0.5) is 0 Å². The van der Waals surface area contributed by atoms with Gasteiger partial charge in [-0.05, 0) is 36.4 Å². The van der Waals surface area contributed by atoms with Crippen LogP contribution in [0, 0.1) is 0 Å². The predicted octanol–water partition coefficient (Wildman–Crippen LogP) is 3.39. The summed E-state index contributed by atoms with van der Waals surface area (Å²) in [6.07, 6.45) is 1.28. The van der Waals surface area contributed by atoms with Crippen molar-refractivity contribution in [1.82, 2.24) is 0 Å². The molecular formula is C16H13ClO5. The molecule has 0 heterocycles. The van der Waals surface area contributed by atoms with Crippen LogP contribution in [0.5, 0.6) is 17.2 Å². The first kappa shape index (κ1) is 15.7. The average Bonchev–Trinajstić information content (AvgIpc) is 2.46. The standard InChI is InChI=1S/C16H13ClO5/c1-22-15-5-3-10(17)7-12(15)13(16(20)21)6-9-2-4-11(18)8-14(9)19/h2-8,18-19H,1H3,(H,20,21)/b13-6-. The number of carboxylic acid groups (broad SMARTS) is 1. The van der Waals surface area contributed by atoms with Gasteiger partial charge in [-0.15, -0.1) is 0 Å². The van der Waals surface area contributed by atoms with Gasteiger partial charge in [0.1, 0.15) is 17.2 Å². The molecule has 0 aliphatic carbocycles. The van der Waals surface area contributed by atoms with E-state index >= 15 is 0 Å². The van der Waals surface area contributed by atoms with Crippen LogP contribution in [-0.2, 0) is 4.79 Å². The molecule has 0 spiro atoms.